The SMILES string of the molecule is COC(c1noc(C2(C)CCCC2N)n1)C1CC1. The van der Waals surface area contributed by atoms with Crippen molar-refractivity contribution in [2.45, 2.75) is 56.6 Å². The van der Waals surface area contributed by atoms with Crippen molar-refractivity contribution in [3.05, 3.63) is 11.7 Å². The molecule has 0 radical (unpaired) electrons. The van der Waals surface area contributed by atoms with Crippen LogP contribution in [-0.4, -0.2) is 23.3 Å². The second kappa shape index (κ2) is 4.31. The zero-order valence-corrected chi connectivity index (χ0v) is 11.1. The Hall–Kier alpha value is -0.940. The van der Waals surface area contributed by atoms with E-state index in [1.807, 2.05) is 0 Å². The maximum atomic E-state index is 6.18. The number of hydrogen-bond acceptors (Lipinski definition) is 5. The molecule has 2 saturated carbocycles. The molecule has 0 saturated heterocycles. The molecule has 2 aliphatic rings. The highest BCUT2D eigenvalue weighted by Crippen LogP contribution is 2.43. The van der Waals surface area contributed by atoms with Crippen LogP contribution in [0.2, 0.25) is 0 Å². The number of methoxy groups -OCH3 is 1. The van der Waals surface area contributed by atoms with Crippen molar-refractivity contribution in [3.8, 4) is 0 Å². The van der Waals surface area contributed by atoms with Crippen molar-refractivity contribution in [2.75, 3.05) is 7.11 Å². The molecule has 0 bridgehead atoms. The van der Waals surface area contributed by atoms with Crippen molar-refractivity contribution >= 4 is 0 Å². The first-order chi connectivity index (χ1) is 8.65. The average molecular weight is 251 g/mol. The van der Waals surface area contributed by atoms with E-state index in [-0.39, 0.29) is 17.6 Å². The summed E-state index contributed by atoms with van der Waals surface area (Å²) in [5.41, 5.74) is 6.02. The van der Waals surface area contributed by atoms with Crippen molar-refractivity contribution in [2.24, 2.45) is 11.7 Å². The fourth-order valence-corrected chi connectivity index (χ4v) is 2.95. The Labute approximate surface area is 107 Å². The highest BCUT2D eigenvalue weighted by molar-refractivity contribution is 5.12. The molecular weight excluding hydrogens is 230 g/mol. The monoisotopic (exact) mass is 251 g/mol. The number of rotatable bonds is 4. The number of aromatic nitrogens is 2. The maximum absolute atomic E-state index is 6.18. The maximum Gasteiger partial charge on any atom is 0.234 e. The Bertz CT molecular complexity index is 430. The Balaban J connectivity index is 1.84. The molecule has 1 heterocycles. The van der Waals surface area contributed by atoms with Gasteiger partial charge in [-0.15, -0.1) is 0 Å². The van der Waals surface area contributed by atoms with Crippen LogP contribution in [-0.2, 0) is 10.2 Å². The van der Waals surface area contributed by atoms with Gasteiger partial charge < -0.3 is 15.0 Å². The van der Waals surface area contributed by atoms with E-state index >= 15 is 0 Å². The van der Waals surface area contributed by atoms with Gasteiger partial charge >= 0.3 is 0 Å². The van der Waals surface area contributed by atoms with Crippen LogP contribution in [0.4, 0.5) is 0 Å². The molecule has 3 atom stereocenters. The van der Waals surface area contributed by atoms with Gasteiger partial charge in [-0.05, 0) is 38.5 Å². The highest BCUT2D eigenvalue weighted by Gasteiger charge is 2.44. The molecule has 0 amide bonds. The van der Waals surface area contributed by atoms with E-state index in [4.69, 9.17) is 15.0 Å². The predicted molar refractivity (Wildman–Crippen MR) is 66.0 cm³/mol. The molecule has 3 rings (SSSR count). The topological polar surface area (TPSA) is 74.2 Å². The van der Waals surface area contributed by atoms with Gasteiger partial charge in [0.05, 0.1) is 5.41 Å². The van der Waals surface area contributed by atoms with Crippen LogP contribution in [0.15, 0.2) is 4.52 Å². The molecule has 18 heavy (non-hydrogen) atoms. The molecule has 5 heteroatoms. The summed E-state index contributed by atoms with van der Waals surface area (Å²) in [6.07, 6.45) is 5.56. The number of nitrogens with zero attached hydrogens (tertiary/aromatic N) is 2. The number of hydrogen-bond donors (Lipinski definition) is 1. The summed E-state index contributed by atoms with van der Waals surface area (Å²) in [6, 6.07) is 0.118. The summed E-state index contributed by atoms with van der Waals surface area (Å²) in [4.78, 5) is 4.56. The molecule has 1 aromatic heterocycles. The van der Waals surface area contributed by atoms with Gasteiger partial charge in [-0.25, -0.2) is 0 Å². The molecule has 100 valence electrons. The average Bonchev–Trinajstić information content (AvgIpc) is 2.95. The Kier molecular flexibility index (Phi) is 2.90. The minimum atomic E-state index is -0.160. The fourth-order valence-electron chi connectivity index (χ4n) is 2.95. The van der Waals surface area contributed by atoms with E-state index in [0.717, 1.165) is 19.3 Å². The summed E-state index contributed by atoms with van der Waals surface area (Å²) in [6.45, 7) is 2.13. The van der Waals surface area contributed by atoms with Crippen LogP contribution in [0.5, 0.6) is 0 Å². The van der Waals surface area contributed by atoms with E-state index in [9.17, 15) is 0 Å². The number of ether oxygens (including phenoxy) is 1. The zero-order chi connectivity index (χ0) is 12.8. The third-order valence-corrected chi connectivity index (χ3v) is 4.52. The molecule has 0 spiro atoms. The van der Waals surface area contributed by atoms with E-state index in [1.165, 1.54) is 12.8 Å². The normalized spacial score (nSPS) is 33.8. The first-order valence-electron chi connectivity index (χ1n) is 6.77. The minimum Gasteiger partial charge on any atom is -0.373 e. The molecule has 0 aromatic carbocycles. The number of nitrogens with two attached hydrogens (primary N) is 1. The second-order valence-corrected chi connectivity index (χ2v) is 5.87. The molecule has 0 aliphatic heterocycles. The zero-order valence-electron chi connectivity index (χ0n) is 11.1. The van der Waals surface area contributed by atoms with Gasteiger partial charge in [0.15, 0.2) is 0 Å². The van der Waals surface area contributed by atoms with Gasteiger partial charge in [0.25, 0.3) is 0 Å². The fraction of sp³-hybridized carbons (Fsp3) is 0.846. The lowest BCUT2D eigenvalue weighted by atomic mass is 9.85. The van der Waals surface area contributed by atoms with Gasteiger partial charge in [-0.1, -0.05) is 11.6 Å². The van der Waals surface area contributed by atoms with Gasteiger partial charge in [0.2, 0.25) is 11.7 Å². The van der Waals surface area contributed by atoms with Gasteiger partial charge in [0.1, 0.15) is 6.10 Å². The van der Waals surface area contributed by atoms with E-state index < -0.39 is 0 Å². The highest BCUT2D eigenvalue weighted by atomic mass is 16.5. The first kappa shape index (κ1) is 12.1. The summed E-state index contributed by atoms with van der Waals surface area (Å²) in [7, 11) is 1.71. The molecule has 2 aliphatic carbocycles. The Morgan fingerprint density at radius 3 is 2.78 bits per heavy atom. The van der Waals surface area contributed by atoms with Gasteiger partial charge in [-0.2, -0.15) is 4.98 Å². The van der Waals surface area contributed by atoms with Crippen LogP contribution in [0.3, 0.4) is 0 Å². The lowest BCUT2D eigenvalue weighted by Crippen LogP contribution is -2.38. The van der Waals surface area contributed by atoms with Gasteiger partial charge in [-0.3, -0.25) is 0 Å². The van der Waals surface area contributed by atoms with Crippen LogP contribution in [0.25, 0.3) is 0 Å². The molecule has 1 aromatic rings. The van der Waals surface area contributed by atoms with Gasteiger partial charge in [0, 0.05) is 13.2 Å². The van der Waals surface area contributed by atoms with Crippen LogP contribution < -0.4 is 5.73 Å². The van der Waals surface area contributed by atoms with E-state index in [2.05, 4.69) is 17.1 Å². The summed E-state index contributed by atoms with van der Waals surface area (Å²) in [5, 5.41) is 4.11. The van der Waals surface area contributed by atoms with Crippen LogP contribution in [0, 0.1) is 5.92 Å². The Morgan fingerprint density at radius 2 is 2.22 bits per heavy atom. The van der Waals surface area contributed by atoms with Crippen molar-refractivity contribution in [1.29, 1.82) is 0 Å². The standard InChI is InChI=1S/C13H21N3O2/c1-13(7-3-4-9(13)14)12-15-11(16-18-12)10(17-2)8-5-6-8/h8-10H,3-7,14H2,1-2H3. The van der Waals surface area contributed by atoms with E-state index in [0.29, 0.717) is 17.6 Å². The van der Waals surface area contributed by atoms with Crippen LogP contribution >= 0.6 is 0 Å². The third kappa shape index (κ3) is 1.86. The summed E-state index contributed by atoms with van der Waals surface area (Å²) < 4.78 is 10.9. The molecule has 3 unspecified atom stereocenters. The third-order valence-electron chi connectivity index (χ3n) is 4.52. The second-order valence-electron chi connectivity index (χ2n) is 5.87. The molecule has 2 N–H and O–H groups in total. The molecule has 5 nitrogen and oxygen atoms in total. The first-order valence-corrected chi connectivity index (χ1v) is 6.77. The van der Waals surface area contributed by atoms with Crippen molar-refractivity contribution < 1.29 is 9.26 Å². The predicted octanol–water partition coefficient (Wildman–Crippen LogP) is 1.94. The minimum absolute atomic E-state index is 0.0104. The molecule has 2 fully saturated rings. The molecular formula is C13H21N3O2. The lowest BCUT2D eigenvalue weighted by Gasteiger charge is -2.23. The van der Waals surface area contributed by atoms with Crippen molar-refractivity contribution in [3.63, 3.8) is 0 Å². The van der Waals surface area contributed by atoms with Crippen molar-refractivity contribution in [1.82, 2.24) is 10.1 Å². The van der Waals surface area contributed by atoms with E-state index in [1.54, 1.807) is 7.11 Å². The summed E-state index contributed by atoms with van der Waals surface area (Å²) >= 11 is 0. The Morgan fingerprint density at radius 1 is 1.44 bits per heavy atom. The van der Waals surface area contributed by atoms with Crippen LogP contribution in [0.1, 0.15) is 56.8 Å². The largest absolute Gasteiger partial charge is 0.373 e. The smallest absolute Gasteiger partial charge is 0.234 e. The lowest BCUT2D eigenvalue weighted by molar-refractivity contribution is 0.0751. The summed E-state index contributed by atoms with van der Waals surface area (Å²) in [5.74, 6) is 1.94. The quantitative estimate of drug-likeness (QED) is 0.885.